The van der Waals surface area contributed by atoms with E-state index in [1.165, 1.54) is 6.07 Å². The maximum absolute atomic E-state index is 13.2. The number of rotatable bonds is 2. The van der Waals surface area contributed by atoms with Gasteiger partial charge in [-0.05, 0) is 17.7 Å². The zero-order chi connectivity index (χ0) is 15.0. The average molecular weight is 345 g/mol. The van der Waals surface area contributed by atoms with Crippen LogP contribution < -0.4 is 0 Å². The Morgan fingerprint density at radius 2 is 2.05 bits per heavy atom. The van der Waals surface area contributed by atoms with Crippen molar-refractivity contribution in [2.75, 3.05) is 25.7 Å². The third kappa shape index (κ3) is 4.48. The fourth-order valence-corrected chi connectivity index (χ4v) is 2.15. The van der Waals surface area contributed by atoms with E-state index < -0.39 is 11.4 Å². The van der Waals surface area contributed by atoms with Crippen molar-refractivity contribution in [1.29, 1.82) is 0 Å². The highest BCUT2D eigenvalue weighted by Gasteiger charge is 2.35. The number of hydrogen-bond acceptors (Lipinski definition) is 3. The molecule has 0 atom stereocenters. The van der Waals surface area contributed by atoms with Crippen LogP contribution in [-0.2, 0) is 15.1 Å². The number of ether oxygens (including phenoxy) is 2. The van der Waals surface area contributed by atoms with Gasteiger partial charge in [0.2, 0.25) is 0 Å². The summed E-state index contributed by atoms with van der Waals surface area (Å²) in [7, 11) is 1.60. The number of phenols is 1. The molecular formula is C15H18BrFO3. The fourth-order valence-electron chi connectivity index (χ4n) is 2.15. The minimum absolute atomic E-state index is 0.0714. The molecule has 1 aliphatic heterocycles. The maximum atomic E-state index is 13.2. The number of terminal acetylenes is 1. The Balaban J connectivity index is 0.000000444. The number of phenolic OH excluding ortho intramolecular Hbond substituents is 1. The molecule has 0 amide bonds. The third-order valence-corrected chi connectivity index (χ3v) is 3.50. The normalized spacial score (nSPS) is 16.7. The molecule has 110 valence electrons. The predicted octanol–water partition coefficient (Wildman–Crippen LogP) is 3.20. The second-order valence-corrected chi connectivity index (χ2v) is 4.91. The molecule has 1 N–H and O–H groups in total. The minimum Gasteiger partial charge on any atom is -0.508 e. The van der Waals surface area contributed by atoms with Gasteiger partial charge in [-0.25, -0.2) is 4.39 Å². The van der Waals surface area contributed by atoms with E-state index in [4.69, 9.17) is 15.9 Å². The van der Waals surface area contributed by atoms with Gasteiger partial charge in [0.05, 0.1) is 10.9 Å². The van der Waals surface area contributed by atoms with Crippen molar-refractivity contribution < 1.29 is 19.0 Å². The van der Waals surface area contributed by atoms with Crippen LogP contribution in [0.15, 0.2) is 18.2 Å². The van der Waals surface area contributed by atoms with Gasteiger partial charge in [0.15, 0.2) is 0 Å². The summed E-state index contributed by atoms with van der Waals surface area (Å²) in [6.45, 7) is 1.18. The Morgan fingerprint density at radius 3 is 2.50 bits per heavy atom. The molecule has 1 aromatic rings. The molecule has 1 saturated heterocycles. The van der Waals surface area contributed by atoms with Gasteiger partial charge in [-0.15, -0.1) is 6.42 Å². The molecule has 0 spiro atoms. The number of alkyl halides is 1. The van der Waals surface area contributed by atoms with Crippen molar-refractivity contribution >= 4 is 15.9 Å². The first-order valence-electron chi connectivity index (χ1n) is 6.20. The summed E-state index contributed by atoms with van der Waals surface area (Å²) in [6, 6.07) is 4.05. The molecular weight excluding hydrogens is 327 g/mol. The number of hydrogen-bond donors (Lipinski definition) is 1. The molecule has 3 nitrogen and oxygen atoms in total. The molecule has 0 bridgehead atoms. The van der Waals surface area contributed by atoms with Gasteiger partial charge >= 0.3 is 0 Å². The van der Waals surface area contributed by atoms with E-state index in [-0.39, 0.29) is 5.75 Å². The highest BCUT2D eigenvalue weighted by Crippen LogP contribution is 2.37. The van der Waals surface area contributed by atoms with Crippen LogP contribution in [-0.4, -0.2) is 30.8 Å². The van der Waals surface area contributed by atoms with E-state index in [1.807, 2.05) is 0 Å². The standard InChI is InChI=1S/C12H15FO3.C3H3Br/c1-15-12(2-4-16-5-3-12)9-6-10(13)8-11(14)7-9;1-2-3-4/h6-8,14H,2-5H2,1H3;1H,3H2. The molecule has 1 fully saturated rings. The van der Waals surface area contributed by atoms with Gasteiger partial charge in [0.25, 0.3) is 0 Å². The summed E-state index contributed by atoms with van der Waals surface area (Å²) >= 11 is 3.01. The monoisotopic (exact) mass is 344 g/mol. The molecule has 1 heterocycles. The Labute approximate surface area is 127 Å². The van der Waals surface area contributed by atoms with Gasteiger partial charge in [0, 0.05) is 39.2 Å². The van der Waals surface area contributed by atoms with Crippen molar-refractivity contribution in [3.63, 3.8) is 0 Å². The van der Waals surface area contributed by atoms with E-state index in [2.05, 4.69) is 21.9 Å². The largest absolute Gasteiger partial charge is 0.508 e. The number of aromatic hydroxyl groups is 1. The lowest BCUT2D eigenvalue weighted by Gasteiger charge is -2.36. The second-order valence-electron chi connectivity index (χ2n) is 4.35. The molecule has 2 rings (SSSR count). The van der Waals surface area contributed by atoms with Crippen molar-refractivity contribution in [2.45, 2.75) is 18.4 Å². The lowest BCUT2D eigenvalue weighted by atomic mass is 9.86. The van der Waals surface area contributed by atoms with Crippen molar-refractivity contribution in [1.82, 2.24) is 0 Å². The molecule has 1 aliphatic rings. The Hall–Kier alpha value is -1.09. The van der Waals surface area contributed by atoms with E-state index in [1.54, 1.807) is 13.2 Å². The van der Waals surface area contributed by atoms with Crippen LogP contribution in [0.5, 0.6) is 5.75 Å². The van der Waals surface area contributed by atoms with E-state index in [0.29, 0.717) is 36.9 Å². The first-order chi connectivity index (χ1) is 9.57. The number of methoxy groups -OCH3 is 1. The topological polar surface area (TPSA) is 38.7 Å². The molecule has 1 aromatic carbocycles. The second kappa shape index (κ2) is 8.25. The highest BCUT2D eigenvalue weighted by molar-refractivity contribution is 9.09. The summed E-state index contributed by atoms with van der Waals surface area (Å²) < 4.78 is 24.0. The van der Waals surface area contributed by atoms with Gasteiger partial charge in [-0.1, -0.05) is 21.9 Å². The summed E-state index contributed by atoms with van der Waals surface area (Å²) in [6.07, 6.45) is 6.08. The van der Waals surface area contributed by atoms with Gasteiger partial charge in [-0.3, -0.25) is 0 Å². The fraction of sp³-hybridized carbons (Fsp3) is 0.467. The first kappa shape index (κ1) is 17.0. The number of benzene rings is 1. The van der Waals surface area contributed by atoms with Crippen LogP contribution >= 0.6 is 15.9 Å². The van der Waals surface area contributed by atoms with Crippen LogP contribution in [0, 0.1) is 18.2 Å². The van der Waals surface area contributed by atoms with Crippen LogP contribution in [0.2, 0.25) is 0 Å². The predicted molar refractivity (Wildman–Crippen MR) is 79.4 cm³/mol. The Kier molecular flexibility index (Phi) is 7.00. The highest BCUT2D eigenvalue weighted by atomic mass is 79.9. The van der Waals surface area contributed by atoms with E-state index in [0.717, 1.165) is 6.07 Å². The summed E-state index contributed by atoms with van der Waals surface area (Å²) in [4.78, 5) is 0. The van der Waals surface area contributed by atoms with Crippen LogP contribution in [0.4, 0.5) is 4.39 Å². The van der Waals surface area contributed by atoms with E-state index in [9.17, 15) is 9.50 Å². The average Bonchev–Trinajstić information content (AvgIpc) is 2.47. The van der Waals surface area contributed by atoms with Crippen molar-refractivity contribution in [3.8, 4) is 18.1 Å². The molecule has 0 aromatic heterocycles. The van der Waals surface area contributed by atoms with Crippen LogP contribution in [0.1, 0.15) is 18.4 Å². The smallest absolute Gasteiger partial charge is 0.127 e. The lowest BCUT2D eigenvalue weighted by Crippen LogP contribution is -2.35. The molecule has 5 heteroatoms. The lowest BCUT2D eigenvalue weighted by molar-refractivity contribution is -0.0950. The van der Waals surface area contributed by atoms with Crippen molar-refractivity contribution in [2.24, 2.45) is 0 Å². The molecule has 0 unspecified atom stereocenters. The van der Waals surface area contributed by atoms with Crippen LogP contribution in [0.25, 0.3) is 0 Å². The molecule has 20 heavy (non-hydrogen) atoms. The zero-order valence-corrected chi connectivity index (χ0v) is 13.0. The van der Waals surface area contributed by atoms with Gasteiger partial charge in [-0.2, -0.15) is 0 Å². The maximum Gasteiger partial charge on any atom is 0.127 e. The van der Waals surface area contributed by atoms with Gasteiger partial charge < -0.3 is 14.6 Å². The quantitative estimate of drug-likeness (QED) is 0.661. The summed E-state index contributed by atoms with van der Waals surface area (Å²) in [5, 5.41) is 10.1. The van der Waals surface area contributed by atoms with Crippen molar-refractivity contribution in [3.05, 3.63) is 29.6 Å². The minimum atomic E-state index is -0.530. The third-order valence-electron chi connectivity index (χ3n) is 3.18. The SMILES string of the molecule is C#CCBr.COC1(c2cc(O)cc(F)c2)CCOCC1. The molecule has 0 saturated carbocycles. The molecule has 0 aliphatic carbocycles. The first-order valence-corrected chi connectivity index (χ1v) is 7.32. The zero-order valence-electron chi connectivity index (χ0n) is 11.4. The summed E-state index contributed by atoms with van der Waals surface area (Å²) in [5.74, 6) is 1.83. The molecule has 0 radical (unpaired) electrons. The van der Waals surface area contributed by atoms with Gasteiger partial charge in [0.1, 0.15) is 11.6 Å². The number of halogens is 2. The van der Waals surface area contributed by atoms with E-state index >= 15 is 0 Å². The Bertz CT molecular complexity index is 444. The Morgan fingerprint density at radius 1 is 1.45 bits per heavy atom. The summed E-state index contributed by atoms with van der Waals surface area (Å²) in [5.41, 5.74) is 0.147. The van der Waals surface area contributed by atoms with Crippen LogP contribution in [0.3, 0.4) is 0 Å².